The summed E-state index contributed by atoms with van der Waals surface area (Å²) in [5.74, 6) is 0.254. The first-order valence-corrected chi connectivity index (χ1v) is 13.7. The van der Waals surface area contributed by atoms with Crippen LogP contribution in [0.4, 0.5) is 0 Å². The number of nitrogens with zero attached hydrogens (tertiary/aromatic N) is 4. The lowest BCUT2D eigenvalue weighted by molar-refractivity contribution is 0.669. The fourth-order valence-electron chi connectivity index (χ4n) is 5.48. The molecule has 0 unspecified atom stereocenters. The lowest BCUT2D eigenvalue weighted by atomic mass is 10.0. The predicted molar refractivity (Wildman–Crippen MR) is 178 cm³/mol. The molecule has 9 rings (SSSR count). The van der Waals surface area contributed by atoms with Gasteiger partial charge in [-0.05, 0) is 41.4 Å². The number of rotatable bonds is 4. The molecule has 0 fully saturated rings. The van der Waals surface area contributed by atoms with Gasteiger partial charge in [-0.3, -0.25) is 4.57 Å². The first-order chi connectivity index (χ1) is 26.3. The number of furan rings is 1. The molecule has 0 aliphatic heterocycles. The van der Waals surface area contributed by atoms with Crippen molar-refractivity contribution in [3.63, 3.8) is 0 Å². The molecule has 0 amide bonds. The van der Waals surface area contributed by atoms with Crippen LogP contribution in [0, 0.1) is 0 Å². The number of hydrogen-bond acceptors (Lipinski definition) is 4. The zero-order valence-corrected chi connectivity index (χ0v) is 22.7. The van der Waals surface area contributed by atoms with E-state index in [2.05, 4.69) is 0 Å². The quantitative estimate of drug-likeness (QED) is 0.210. The molecule has 5 heteroatoms. The van der Waals surface area contributed by atoms with E-state index in [4.69, 9.17) is 34.4 Å². The molecule has 9 aromatic rings. The average Bonchev–Trinajstić information content (AvgIpc) is 3.75. The molecule has 0 aliphatic carbocycles. The van der Waals surface area contributed by atoms with E-state index >= 15 is 0 Å². The number of para-hydroxylation sites is 3. The average molecular weight is 576 g/mol. The Morgan fingerprint density at radius 3 is 1.86 bits per heavy atom. The standard InChI is InChI=1S/C39H24N4O/c1-2-10-25(11-3-1)26-18-20-27(21-19-26)37-40-38(28-22-23-32-31-14-6-9-17-35(31)44-36(32)24-28)42-39(41-37)43-33-15-7-4-12-29(33)30-13-5-8-16-34(30)43/h1-24H/i1D,2D,3D,4D,5D,10D,11D,12D,13D,15D,16D. The van der Waals surface area contributed by atoms with Crippen molar-refractivity contribution in [3.8, 4) is 39.9 Å². The first kappa shape index (κ1) is 16.0. The molecule has 0 radical (unpaired) electrons. The molecule has 44 heavy (non-hydrogen) atoms. The molecule has 3 aromatic heterocycles. The van der Waals surface area contributed by atoms with Gasteiger partial charge in [-0.1, -0.05) is 115 Å². The van der Waals surface area contributed by atoms with Gasteiger partial charge in [0.2, 0.25) is 5.95 Å². The topological polar surface area (TPSA) is 56.7 Å². The Bertz CT molecular complexity index is 3020. The van der Waals surface area contributed by atoms with Gasteiger partial charge < -0.3 is 4.42 Å². The third-order valence-corrected chi connectivity index (χ3v) is 7.52. The minimum absolute atomic E-state index is 0.0323. The third-order valence-electron chi connectivity index (χ3n) is 7.52. The van der Waals surface area contributed by atoms with Gasteiger partial charge in [-0.15, -0.1) is 0 Å². The zero-order chi connectivity index (χ0) is 38.6. The molecule has 3 heterocycles. The van der Waals surface area contributed by atoms with E-state index in [1.807, 2.05) is 36.4 Å². The molecule has 0 bridgehead atoms. The van der Waals surface area contributed by atoms with E-state index in [0.29, 0.717) is 27.9 Å². The minimum Gasteiger partial charge on any atom is -0.456 e. The summed E-state index contributed by atoms with van der Waals surface area (Å²) in [6, 6.07) is 18.5. The van der Waals surface area contributed by atoms with Crippen molar-refractivity contribution in [1.29, 1.82) is 0 Å². The summed E-state index contributed by atoms with van der Waals surface area (Å²) in [6.45, 7) is 0. The summed E-state index contributed by atoms with van der Waals surface area (Å²) in [5, 5.41) is 1.91. The van der Waals surface area contributed by atoms with Crippen LogP contribution in [0.3, 0.4) is 0 Å². The van der Waals surface area contributed by atoms with Crippen molar-refractivity contribution < 1.29 is 19.5 Å². The van der Waals surface area contributed by atoms with Gasteiger partial charge in [-0.2, -0.15) is 9.97 Å². The van der Waals surface area contributed by atoms with Crippen molar-refractivity contribution in [3.05, 3.63) is 145 Å². The molecule has 0 atom stereocenters. The van der Waals surface area contributed by atoms with Gasteiger partial charge in [0.15, 0.2) is 11.6 Å². The van der Waals surface area contributed by atoms with E-state index in [1.54, 1.807) is 30.3 Å². The molecule has 0 saturated heterocycles. The summed E-state index contributed by atoms with van der Waals surface area (Å²) in [4.78, 5) is 14.5. The summed E-state index contributed by atoms with van der Waals surface area (Å²) in [5.41, 5.74) is 2.82. The van der Waals surface area contributed by atoms with Crippen LogP contribution in [-0.2, 0) is 0 Å². The van der Waals surface area contributed by atoms with E-state index in [-0.39, 0.29) is 93.3 Å². The first-order valence-electron chi connectivity index (χ1n) is 19.2. The van der Waals surface area contributed by atoms with Crippen LogP contribution in [0.5, 0.6) is 0 Å². The van der Waals surface area contributed by atoms with E-state index < -0.39 is 18.1 Å². The fraction of sp³-hybridized carbons (Fsp3) is 0. The summed E-state index contributed by atoms with van der Waals surface area (Å²) < 4.78 is 101. The molecule has 0 aliphatic rings. The van der Waals surface area contributed by atoms with Crippen molar-refractivity contribution >= 4 is 43.7 Å². The van der Waals surface area contributed by atoms with Crippen LogP contribution in [0.2, 0.25) is 0 Å². The SMILES string of the molecule is [2H]c1cc([2H])c2c(c1[2H])c1c([2H])c([2H])cc([2H])c1n2-c1nc(-c2ccc(-c3c([2H])c([2H])c([2H])c([2H])c3[2H])cc2)nc(-c2ccc3c(c2)oc2ccccc23)n1. The molecule has 0 spiro atoms. The molecule has 0 N–H and O–H groups in total. The molecule has 6 aromatic carbocycles. The van der Waals surface area contributed by atoms with Crippen molar-refractivity contribution in [1.82, 2.24) is 19.5 Å². The number of fused-ring (bicyclic) bond motifs is 6. The number of aromatic nitrogens is 4. The van der Waals surface area contributed by atoms with Crippen LogP contribution >= 0.6 is 0 Å². The molecular weight excluding hydrogens is 540 g/mol. The second-order valence-electron chi connectivity index (χ2n) is 10.1. The van der Waals surface area contributed by atoms with Crippen LogP contribution in [0.15, 0.2) is 150 Å². The Hall–Kier alpha value is -6.07. The van der Waals surface area contributed by atoms with Gasteiger partial charge >= 0.3 is 0 Å². The van der Waals surface area contributed by atoms with E-state index in [1.165, 1.54) is 16.7 Å². The second-order valence-corrected chi connectivity index (χ2v) is 10.1. The normalized spacial score (nSPS) is 15.1. The molecular formula is C39H24N4O. The summed E-state index contributed by atoms with van der Waals surface area (Å²) in [6.07, 6.45) is 0. The van der Waals surface area contributed by atoms with Gasteiger partial charge in [0.25, 0.3) is 0 Å². The molecule has 0 saturated carbocycles. The smallest absolute Gasteiger partial charge is 0.238 e. The van der Waals surface area contributed by atoms with Gasteiger partial charge in [-0.25, -0.2) is 4.98 Å². The summed E-state index contributed by atoms with van der Waals surface area (Å²) >= 11 is 0. The summed E-state index contributed by atoms with van der Waals surface area (Å²) in [7, 11) is 0. The van der Waals surface area contributed by atoms with Crippen molar-refractivity contribution in [2.75, 3.05) is 0 Å². The lowest BCUT2D eigenvalue weighted by Crippen LogP contribution is -2.06. The van der Waals surface area contributed by atoms with Crippen molar-refractivity contribution in [2.45, 2.75) is 0 Å². The Morgan fingerprint density at radius 2 is 1.11 bits per heavy atom. The van der Waals surface area contributed by atoms with Crippen LogP contribution in [0.25, 0.3) is 83.6 Å². The highest BCUT2D eigenvalue weighted by atomic mass is 16.3. The Morgan fingerprint density at radius 1 is 0.477 bits per heavy atom. The maximum Gasteiger partial charge on any atom is 0.238 e. The highest BCUT2D eigenvalue weighted by molar-refractivity contribution is 6.09. The molecule has 5 nitrogen and oxygen atoms in total. The van der Waals surface area contributed by atoms with E-state index in [9.17, 15) is 0 Å². The Balaban J connectivity index is 1.32. The Kier molecular flexibility index (Phi) is 3.54. The zero-order valence-electron chi connectivity index (χ0n) is 33.7. The highest BCUT2D eigenvalue weighted by Crippen LogP contribution is 2.34. The maximum atomic E-state index is 8.93. The van der Waals surface area contributed by atoms with Crippen LogP contribution in [0.1, 0.15) is 15.1 Å². The largest absolute Gasteiger partial charge is 0.456 e. The van der Waals surface area contributed by atoms with E-state index in [0.717, 1.165) is 10.8 Å². The Labute approximate surface area is 268 Å². The predicted octanol–water partition coefficient (Wildman–Crippen LogP) is 9.87. The third kappa shape index (κ3) is 3.91. The number of benzene rings is 6. The highest BCUT2D eigenvalue weighted by Gasteiger charge is 2.18. The lowest BCUT2D eigenvalue weighted by Gasteiger charge is -2.11. The number of hydrogen-bond donors (Lipinski definition) is 0. The van der Waals surface area contributed by atoms with Gasteiger partial charge in [0, 0.05) is 32.7 Å². The van der Waals surface area contributed by atoms with Gasteiger partial charge in [0.05, 0.1) is 26.1 Å². The fourth-order valence-corrected chi connectivity index (χ4v) is 5.48. The molecule has 206 valence electrons. The van der Waals surface area contributed by atoms with Gasteiger partial charge in [0.1, 0.15) is 11.2 Å². The monoisotopic (exact) mass is 575 g/mol. The van der Waals surface area contributed by atoms with Crippen molar-refractivity contribution in [2.24, 2.45) is 0 Å². The van der Waals surface area contributed by atoms with Crippen LogP contribution in [-0.4, -0.2) is 19.5 Å². The van der Waals surface area contributed by atoms with Crippen LogP contribution < -0.4 is 0 Å². The maximum absolute atomic E-state index is 8.93. The minimum atomic E-state index is -0.494. The second kappa shape index (κ2) is 9.75.